The summed E-state index contributed by atoms with van der Waals surface area (Å²) in [7, 11) is 1.65. The number of ether oxygens (including phenoxy) is 2. The molecule has 1 unspecified atom stereocenters. The van der Waals surface area contributed by atoms with Gasteiger partial charge in [0, 0.05) is 24.6 Å². The van der Waals surface area contributed by atoms with E-state index in [0.29, 0.717) is 37.6 Å². The molecule has 0 bridgehead atoms. The molecule has 190 valence electrons. The smallest absolute Gasteiger partial charge is 0.227 e. The van der Waals surface area contributed by atoms with E-state index < -0.39 is 0 Å². The lowest BCUT2D eigenvalue weighted by Gasteiger charge is -2.18. The van der Waals surface area contributed by atoms with Gasteiger partial charge in [-0.05, 0) is 60.4 Å². The first-order chi connectivity index (χ1) is 18.1. The lowest BCUT2D eigenvalue weighted by molar-refractivity contribution is -0.117. The van der Waals surface area contributed by atoms with Crippen molar-refractivity contribution in [1.82, 2.24) is 9.55 Å². The molecule has 37 heavy (non-hydrogen) atoms. The van der Waals surface area contributed by atoms with Gasteiger partial charge in [0.05, 0.1) is 24.7 Å². The highest BCUT2D eigenvalue weighted by Gasteiger charge is 2.34. The number of allylic oxidation sites excluding steroid dienone is 1. The van der Waals surface area contributed by atoms with E-state index in [4.69, 9.17) is 14.5 Å². The molecule has 1 aliphatic heterocycles. The Morgan fingerprint density at radius 1 is 1.05 bits per heavy atom. The standard InChI is InChI=1S/C31H33N3O3/c1-4-8-23-13-16-28(29(19-23)36-3)37-18-17-33-27-10-7-6-9-26(27)32-31(33)24-20-30(35)34(21-24)25-14-11-22(5-2)12-15-25/h4,6-7,9-16,19,24H,1,5,8,17-18,20-21H2,2-3H3. The zero-order valence-corrected chi connectivity index (χ0v) is 21.5. The summed E-state index contributed by atoms with van der Waals surface area (Å²) in [5.41, 5.74) is 5.32. The molecule has 1 amide bonds. The minimum Gasteiger partial charge on any atom is -0.493 e. The maximum absolute atomic E-state index is 13.0. The highest BCUT2D eigenvalue weighted by Crippen LogP contribution is 2.34. The summed E-state index contributed by atoms with van der Waals surface area (Å²) < 4.78 is 13.9. The molecule has 4 aromatic rings. The van der Waals surface area contributed by atoms with Gasteiger partial charge < -0.3 is 18.9 Å². The van der Waals surface area contributed by atoms with Crippen LogP contribution in [-0.4, -0.2) is 35.7 Å². The van der Waals surface area contributed by atoms with Gasteiger partial charge in [0.1, 0.15) is 12.4 Å². The first kappa shape index (κ1) is 24.6. The van der Waals surface area contributed by atoms with E-state index in [0.717, 1.165) is 41.0 Å². The van der Waals surface area contributed by atoms with E-state index >= 15 is 0 Å². The lowest BCUT2D eigenvalue weighted by Crippen LogP contribution is -2.24. The number of nitrogens with zero attached hydrogens (tertiary/aromatic N) is 3. The third kappa shape index (κ3) is 5.10. The number of methoxy groups -OCH3 is 1. The number of amides is 1. The number of imidazole rings is 1. The maximum Gasteiger partial charge on any atom is 0.227 e. The van der Waals surface area contributed by atoms with Gasteiger partial charge in [0.2, 0.25) is 5.91 Å². The van der Waals surface area contributed by atoms with Gasteiger partial charge in [-0.25, -0.2) is 4.98 Å². The Morgan fingerprint density at radius 3 is 2.59 bits per heavy atom. The molecular weight excluding hydrogens is 462 g/mol. The van der Waals surface area contributed by atoms with Gasteiger partial charge in [0.15, 0.2) is 11.5 Å². The minimum atomic E-state index is 0.0125. The van der Waals surface area contributed by atoms with Crippen molar-refractivity contribution >= 4 is 22.6 Å². The Balaban J connectivity index is 1.36. The maximum atomic E-state index is 13.0. The summed E-state index contributed by atoms with van der Waals surface area (Å²) in [6, 6.07) is 22.4. The Morgan fingerprint density at radius 2 is 1.84 bits per heavy atom. The van der Waals surface area contributed by atoms with Crippen molar-refractivity contribution in [3.05, 3.63) is 96.3 Å². The largest absolute Gasteiger partial charge is 0.493 e. The number of aromatic nitrogens is 2. The molecule has 0 aliphatic carbocycles. The Labute approximate surface area is 218 Å². The number of hydrogen-bond donors (Lipinski definition) is 0. The third-order valence-corrected chi connectivity index (χ3v) is 7.01. The van der Waals surface area contributed by atoms with Gasteiger partial charge in [0.25, 0.3) is 0 Å². The lowest BCUT2D eigenvalue weighted by atomic mass is 10.1. The van der Waals surface area contributed by atoms with Crippen molar-refractivity contribution in [2.24, 2.45) is 0 Å². The molecule has 1 aliphatic rings. The second-order valence-electron chi connectivity index (χ2n) is 9.36. The number of carbonyl (C=O) groups is 1. The van der Waals surface area contributed by atoms with E-state index in [1.807, 2.05) is 59.5 Å². The SMILES string of the molecule is C=CCc1ccc(OCCn2c(C3CC(=O)N(c4ccc(CC)cc4)C3)nc3ccccc32)c(OC)c1. The third-order valence-electron chi connectivity index (χ3n) is 7.01. The van der Waals surface area contributed by atoms with E-state index in [9.17, 15) is 4.79 Å². The topological polar surface area (TPSA) is 56.6 Å². The zero-order chi connectivity index (χ0) is 25.8. The average Bonchev–Trinajstić information content (AvgIpc) is 3.50. The van der Waals surface area contributed by atoms with Crippen LogP contribution in [-0.2, 0) is 24.2 Å². The van der Waals surface area contributed by atoms with Crippen molar-refractivity contribution in [2.75, 3.05) is 25.2 Å². The second kappa shape index (κ2) is 10.9. The highest BCUT2D eigenvalue weighted by molar-refractivity contribution is 5.96. The van der Waals surface area contributed by atoms with Gasteiger partial charge in [-0.15, -0.1) is 6.58 Å². The monoisotopic (exact) mass is 495 g/mol. The van der Waals surface area contributed by atoms with Gasteiger partial charge in [-0.3, -0.25) is 4.79 Å². The first-order valence-electron chi connectivity index (χ1n) is 12.9. The quantitative estimate of drug-likeness (QED) is 0.256. The van der Waals surface area contributed by atoms with E-state index in [2.05, 4.69) is 36.3 Å². The number of aryl methyl sites for hydroxylation is 1. The van der Waals surface area contributed by atoms with Crippen molar-refractivity contribution < 1.29 is 14.3 Å². The fourth-order valence-electron chi connectivity index (χ4n) is 5.05. The molecule has 0 spiro atoms. The Hall–Kier alpha value is -4.06. The molecule has 5 rings (SSSR count). The Bertz CT molecular complexity index is 1410. The van der Waals surface area contributed by atoms with Crippen LogP contribution in [0.15, 0.2) is 79.4 Å². The number of carbonyl (C=O) groups excluding carboxylic acids is 1. The molecule has 0 saturated carbocycles. The zero-order valence-electron chi connectivity index (χ0n) is 21.5. The van der Waals surface area contributed by atoms with Gasteiger partial charge >= 0.3 is 0 Å². The number of rotatable bonds is 10. The second-order valence-corrected chi connectivity index (χ2v) is 9.36. The molecular formula is C31H33N3O3. The number of benzene rings is 3. The summed E-state index contributed by atoms with van der Waals surface area (Å²) in [6.07, 6.45) is 4.07. The van der Waals surface area contributed by atoms with Crippen molar-refractivity contribution in [3.63, 3.8) is 0 Å². The molecule has 1 saturated heterocycles. The van der Waals surface area contributed by atoms with Crippen LogP contribution in [0.5, 0.6) is 11.5 Å². The van der Waals surface area contributed by atoms with Crippen LogP contribution in [0.4, 0.5) is 5.69 Å². The number of anilines is 1. The van der Waals surface area contributed by atoms with Gasteiger partial charge in [-0.2, -0.15) is 0 Å². The first-order valence-corrected chi connectivity index (χ1v) is 12.9. The van der Waals surface area contributed by atoms with Crippen molar-refractivity contribution in [2.45, 2.75) is 38.6 Å². The van der Waals surface area contributed by atoms with E-state index in [1.54, 1.807) is 7.11 Å². The van der Waals surface area contributed by atoms with E-state index in [-0.39, 0.29) is 11.8 Å². The van der Waals surface area contributed by atoms with Crippen molar-refractivity contribution in [1.29, 1.82) is 0 Å². The van der Waals surface area contributed by atoms with Gasteiger partial charge in [-0.1, -0.05) is 43.3 Å². The fourth-order valence-corrected chi connectivity index (χ4v) is 5.05. The summed E-state index contributed by atoms with van der Waals surface area (Å²) >= 11 is 0. The van der Waals surface area contributed by atoms with Crippen LogP contribution in [0.25, 0.3) is 11.0 Å². The highest BCUT2D eigenvalue weighted by atomic mass is 16.5. The van der Waals surface area contributed by atoms with Crippen molar-refractivity contribution in [3.8, 4) is 11.5 Å². The molecule has 0 N–H and O–H groups in total. The van der Waals surface area contributed by atoms with E-state index in [1.165, 1.54) is 5.56 Å². The minimum absolute atomic E-state index is 0.0125. The van der Waals surface area contributed by atoms with Crippen LogP contribution in [0.1, 0.15) is 36.2 Å². The molecule has 1 aromatic heterocycles. The van der Waals surface area contributed by atoms with Crippen LogP contribution in [0, 0.1) is 0 Å². The van der Waals surface area contributed by atoms with Crippen LogP contribution in [0.3, 0.4) is 0 Å². The molecule has 1 fully saturated rings. The molecule has 2 heterocycles. The number of fused-ring (bicyclic) bond motifs is 1. The summed E-state index contributed by atoms with van der Waals surface area (Å²) in [5, 5.41) is 0. The van der Waals surface area contributed by atoms with Crippen LogP contribution >= 0.6 is 0 Å². The normalized spacial score (nSPS) is 15.4. The molecule has 0 radical (unpaired) electrons. The van der Waals surface area contributed by atoms with Crippen LogP contribution in [0.2, 0.25) is 0 Å². The summed E-state index contributed by atoms with van der Waals surface area (Å²) in [5.74, 6) is 2.49. The fraction of sp³-hybridized carbons (Fsp3) is 0.290. The predicted molar refractivity (Wildman–Crippen MR) is 148 cm³/mol. The summed E-state index contributed by atoms with van der Waals surface area (Å²) in [4.78, 5) is 19.9. The molecule has 6 heteroatoms. The summed E-state index contributed by atoms with van der Waals surface area (Å²) in [6.45, 7) is 7.62. The predicted octanol–water partition coefficient (Wildman–Crippen LogP) is 5.94. The average molecular weight is 496 g/mol. The molecule has 6 nitrogen and oxygen atoms in total. The van der Waals surface area contributed by atoms with Crippen LogP contribution < -0.4 is 14.4 Å². The molecule has 1 atom stereocenters. The molecule has 3 aromatic carbocycles. The number of hydrogen-bond acceptors (Lipinski definition) is 4. The Kier molecular flexibility index (Phi) is 7.26. The number of para-hydroxylation sites is 2.